The zero-order valence-electron chi connectivity index (χ0n) is 18.0. The molecule has 2 heterocycles. The summed E-state index contributed by atoms with van der Waals surface area (Å²) < 4.78 is 25.4. The lowest BCUT2D eigenvalue weighted by atomic mass is 10.1. The summed E-state index contributed by atoms with van der Waals surface area (Å²) in [5, 5.41) is 0. The van der Waals surface area contributed by atoms with Crippen molar-refractivity contribution in [2.75, 3.05) is 19.8 Å². The van der Waals surface area contributed by atoms with Crippen LogP contribution in [0, 0.1) is 5.82 Å². The lowest BCUT2D eigenvalue weighted by Crippen LogP contribution is -2.37. The van der Waals surface area contributed by atoms with Gasteiger partial charge < -0.3 is 14.4 Å². The Labute approximate surface area is 187 Å². The molecule has 0 spiro atoms. The second-order valence-corrected chi connectivity index (χ2v) is 7.89. The van der Waals surface area contributed by atoms with Crippen LogP contribution in [0.1, 0.15) is 34.3 Å². The third-order valence-corrected chi connectivity index (χ3v) is 5.53. The summed E-state index contributed by atoms with van der Waals surface area (Å²) in [6.07, 6.45) is 5.78. The summed E-state index contributed by atoms with van der Waals surface area (Å²) >= 11 is 0. The van der Waals surface area contributed by atoms with Crippen molar-refractivity contribution >= 4 is 5.91 Å². The van der Waals surface area contributed by atoms with E-state index < -0.39 is 0 Å². The van der Waals surface area contributed by atoms with Gasteiger partial charge in [-0.3, -0.25) is 9.78 Å². The van der Waals surface area contributed by atoms with E-state index in [2.05, 4.69) is 4.98 Å². The van der Waals surface area contributed by atoms with Gasteiger partial charge in [0.1, 0.15) is 11.6 Å². The Morgan fingerprint density at radius 2 is 1.97 bits per heavy atom. The summed E-state index contributed by atoms with van der Waals surface area (Å²) in [4.78, 5) is 19.0. The smallest absolute Gasteiger partial charge is 0.254 e. The second kappa shape index (κ2) is 10.9. The molecule has 0 saturated carbocycles. The minimum Gasteiger partial charge on any atom is -0.493 e. The average molecular weight is 435 g/mol. The van der Waals surface area contributed by atoms with Gasteiger partial charge in [0.2, 0.25) is 0 Å². The van der Waals surface area contributed by atoms with E-state index in [-0.39, 0.29) is 17.8 Å². The van der Waals surface area contributed by atoms with Crippen LogP contribution >= 0.6 is 0 Å². The Bertz CT molecular complexity index is 1020. The van der Waals surface area contributed by atoms with Gasteiger partial charge in [0.25, 0.3) is 5.91 Å². The van der Waals surface area contributed by atoms with Crippen LogP contribution in [0.4, 0.5) is 4.39 Å². The number of ether oxygens (including phenoxy) is 2. The molecule has 1 saturated heterocycles. The zero-order valence-corrected chi connectivity index (χ0v) is 18.0. The van der Waals surface area contributed by atoms with Crippen LogP contribution < -0.4 is 4.74 Å². The zero-order chi connectivity index (χ0) is 22.2. The molecule has 1 aliphatic heterocycles. The highest BCUT2D eigenvalue weighted by Crippen LogP contribution is 2.20. The highest BCUT2D eigenvalue weighted by Gasteiger charge is 2.23. The molecule has 5 nitrogen and oxygen atoms in total. The number of nitrogens with zero attached hydrogens (tertiary/aromatic N) is 2. The predicted octanol–water partition coefficient (Wildman–Crippen LogP) is 4.66. The highest BCUT2D eigenvalue weighted by molar-refractivity contribution is 5.94. The molecule has 0 unspecified atom stereocenters. The van der Waals surface area contributed by atoms with Crippen molar-refractivity contribution in [3.05, 3.63) is 95.6 Å². The van der Waals surface area contributed by atoms with Gasteiger partial charge in [-0.05, 0) is 54.3 Å². The average Bonchev–Trinajstić information content (AvgIpc) is 3.33. The number of hydrogen-bond donors (Lipinski definition) is 0. The molecule has 6 heteroatoms. The lowest BCUT2D eigenvalue weighted by molar-refractivity contribution is 0.0507. The maximum absolute atomic E-state index is 13.8. The number of pyridine rings is 1. The monoisotopic (exact) mass is 434 g/mol. The SMILES string of the molecule is O=C(c1ccncc1)N(Cc1cccc(OCCc2ccccc2F)c1)C[C@H]1CCCO1. The fourth-order valence-electron chi connectivity index (χ4n) is 3.86. The normalized spacial score (nSPS) is 15.5. The third kappa shape index (κ3) is 5.92. The Balaban J connectivity index is 1.42. The van der Waals surface area contributed by atoms with Crippen molar-refractivity contribution in [3.8, 4) is 5.75 Å². The molecule has 0 bridgehead atoms. The minimum atomic E-state index is -0.218. The van der Waals surface area contributed by atoms with E-state index in [1.807, 2.05) is 35.2 Å². The van der Waals surface area contributed by atoms with E-state index in [1.165, 1.54) is 6.07 Å². The highest BCUT2D eigenvalue weighted by atomic mass is 19.1. The molecule has 1 aliphatic rings. The molecular weight excluding hydrogens is 407 g/mol. The van der Waals surface area contributed by atoms with Crippen molar-refractivity contribution in [2.45, 2.75) is 31.9 Å². The Kier molecular flexibility index (Phi) is 7.46. The summed E-state index contributed by atoms with van der Waals surface area (Å²) in [6.45, 7) is 2.11. The molecule has 1 fully saturated rings. The van der Waals surface area contributed by atoms with E-state index >= 15 is 0 Å². The molecule has 1 aromatic heterocycles. The summed E-state index contributed by atoms with van der Waals surface area (Å²) in [5.41, 5.74) is 2.21. The first-order chi connectivity index (χ1) is 15.7. The number of aromatic nitrogens is 1. The Morgan fingerprint density at radius 3 is 2.75 bits per heavy atom. The molecule has 0 radical (unpaired) electrons. The van der Waals surface area contributed by atoms with E-state index in [0.717, 1.165) is 25.0 Å². The lowest BCUT2D eigenvalue weighted by Gasteiger charge is -2.26. The number of carbonyl (C=O) groups is 1. The van der Waals surface area contributed by atoms with Gasteiger partial charge in [-0.1, -0.05) is 30.3 Å². The first kappa shape index (κ1) is 22.0. The fourth-order valence-corrected chi connectivity index (χ4v) is 3.86. The molecule has 0 aliphatic carbocycles. The van der Waals surface area contributed by atoms with Crippen LogP contribution in [0.3, 0.4) is 0 Å². The van der Waals surface area contributed by atoms with Gasteiger partial charge in [-0.15, -0.1) is 0 Å². The summed E-state index contributed by atoms with van der Waals surface area (Å²) in [6, 6.07) is 17.9. The predicted molar refractivity (Wildman–Crippen MR) is 120 cm³/mol. The Hall–Kier alpha value is -3.25. The second-order valence-electron chi connectivity index (χ2n) is 7.89. The van der Waals surface area contributed by atoms with Gasteiger partial charge in [-0.25, -0.2) is 4.39 Å². The molecule has 3 aromatic rings. The number of halogens is 1. The van der Waals surface area contributed by atoms with Crippen LogP contribution in [-0.4, -0.2) is 41.7 Å². The third-order valence-electron chi connectivity index (χ3n) is 5.53. The molecule has 166 valence electrons. The molecule has 1 amide bonds. The van der Waals surface area contributed by atoms with E-state index in [1.54, 1.807) is 36.7 Å². The molecule has 1 atom stereocenters. The van der Waals surface area contributed by atoms with Crippen molar-refractivity contribution in [1.82, 2.24) is 9.88 Å². The van der Waals surface area contributed by atoms with E-state index in [0.29, 0.717) is 43.0 Å². The standard InChI is InChI=1S/C26H27FN2O3/c27-25-9-2-1-6-21(25)12-16-32-23-7-3-5-20(17-23)18-29(19-24-8-4-15-31-24)26(30)22-10-13-28-14-11-22/h1-3,5-7,9-11,13-14,17,24H,4,8,12,15-16,18-19H2/t24-/m1/s1. The molecule has 2 aromatic carbocycles. The van der Waals surface area contributed by atoms with Crippen LogP contribution in [0.15, 0.2) is 73.1 Å². The topological polar surface area (TPSA) is 51.7 Å². The fraction of sp³-hybridized carbons (Fsp3) is 0.308. The minimum absolute atomic E-state index is 0.0474. The van der Waals surface area contributed by atoms with Crippen LogP contribution in [0.25, 0.3) is 0 Å². The van der Waals surface area contributed by atoms with Crippen LogP contribution in [0.5, 0.6) is 5.75 Å². The van der Waals surface area contributed by atoms with E-state index in [9.17, 15) is 9.18 Å². The molecule has 0 N–H and O–H groups in total. The maximum Gasteiger partial charge on any atom is 0.254 e. The van der Waals surface area contributed by atoms with Gasteiger partial charge in [0.05, 0.1) is 12.7 Å². The van der Waals surface area contributed by atoms with E-state index in [4.69, 9.17) is 9.47 Å². The van der Waals surface area contributed by atoms with Crippen molar-refractivity contribution in [2.24, 2.45) is 0 Å². The molecule has 4 rings (SSSR count). The summed E-state index contributed by atoms with van der Waals surface area (Å²) in [5.74, 6) is 0.435. The number of amides is 1. The number of benzene rings is 2. The molecule has 32 heavy (non-hydrogen) atoms. The van der Waals surface area contributed by atoms with Crippen molar-refractivity contribution in [1.29, 1.82) is 0 Å². The van der Waals surface area contributed by atoms with Crippen LogP contribution in [0.2, 0.25) is 0 Å². The van der Waals surface area contributed by atoms with Crippen molar-refractivity contribution in [3.63, 3.8) is 0 Å². The van der Waals surface area contributed by atoms with Crippen LogP contribution in [-0.2, 0) is 17.7 Å². The number of hydrogen-bond acceptors (Lipinski definition) is 4. The maximum atomic E-state index is 13.8. The Morgan fingerprint density at radius 1 is 1.12 bits per heavy atom. The van der Waals surface area contributed by atoms with Gasteiger partial charge in [0, 0.05) is 44.1 Å². The first-order valence-electron chi connectivity index (χ1n) is 10.9. The van der Waals surface area contributed by atoms with Crippen molar-refractivity contribution < 1.29 is 18.7 Å². The summed E-state index contributed by atoms with van der Waals surface area (Å²) in [7, 11) is 0. The quantitative estimate of drug-likeness (QED) is 0.491. The van der Waals surface area contributed by atoms with Gasteiger partial charge >= 0.3 is 0 Å². The molecular formula is C26H27FN2O3. The van der Waals surface area contributed by atoms with Gasteiger partial charge in [0.15, 0.2) is 0 Å². The largest absolute Gasteiger partial charge is 0.493 e. The number of carbonyl (C=O) groups excluding carboxylic acids is 1. The number of rotatable bonds is 9. The van der Waals surface area contributed by atoms with Gasteiger partial charge in [-0.2, -0.15) is 0 Å². The first-order valence-corrected chi connectivity index (χ1v) is 10.9.